The summed E-state index contributed by atoms with van der Waals surface area (Å²) in [6, 6.07) is 0.230. The summed E-state index contributed by atoms with van der Waals surface area (Å²) in [7, 11) is 0.0361. The lowest BCUT2D eigenvalue weighted by Crippen LogP contribution is -2.62. The summed E-state index contributed by atoms with van der Waals surface area (Å²) in [5.41, 5.74) is 0. The third-order valence-electron chi connectivity index (χ3n) is 3.90. The number of piperidine rings is 1. The van der Waals surface area contributed by atoms with Crippen LogP contribution in [0, 0.1) is 0 Å². The van der Waals surface area contributed by atoms with Gasteiger partial charge in [-0.05, 0) is 25.8 Å². The van der Waals surface area contributed by atoms with Gasteiger partial charge >= 0.3 is 14.9 Å². The zero-order valence-electron chi connectivity index (χ0n) is 11.9. The molecule has 1 rings (SSSR count). The van der Waals surface area contributed by atoms with Crippen LogP contribution in [0.4, 0.5) is 13.2 Å². The van der Waals surface area contributed by atoms with Crippen molar-refractivity contribution in [3.63, 3.8) is 0 Å². The average molecular weight is 299 g/mol. The van der Waals surface area contributed by atoms with Gasteiger partial charge in [0.05, 0.1) is 0 Å². The molecule has 0 saturated carbocycles. The molecule has 0 N–H and O–H groups in total. The molecule has 1 aliphatic rings. The Morgan fingerprint density at radius 2 is 1.84 bits per heavy atom. The molecular weight excluding hydrogens is 275 g/mol. The molecular formula is C12H24F3NO2Si. The first-order valence-corrected chi connectivity index (χ1v) is 8.79. The van der Waals surface area contributed by atoms with Gasteiger partial charge in [0.25, 0.3) is 0 Å². The van der Waals surface area contributed by atoms with Crippen LogP contribution in [0.5, 0.6) is 0 Å². The lowest BCUT2D eigenvalue weighted by molar-refractivity contribution is -0.132. The highest BCUT2D eigenvalue weighted by atomic mass is 28.4. The molecule has 0 aromatic heterocycles. The van der Waals surface area contributed by atoms with Gasteiger partial charge in [0.2, 0.25) is 0 Å². The summed E-state index contributed by atoms with van der Waals surface area (Å²) in [5, 5.41) is 0. The first-order chi connectivity index (χ1) is 8.88. The topological polar surface area (TPSA) is 21.7 Å². The Bertz CT molecular complexity index is 272. The van der Waals surface area contributed by atoms with Crippen LogP contribution in [0.3, 0.4) is 0 Å². The Kier molecular flexibility index (Phi) is 6.29. The van der Waals surface area contributed by atoms with Gasteiger partial charge in [-0.25, -0.2) is 0 Å². The highest BCUT2D eigenvalue weighted by Gasteiger charge is 2.49. The van der Waals surface area contributed by atoms with Crippen molar-refractivity contribution in [3.05, 3.63) is 0 Å². The van der Waals surface area contributed by atoms with E-state index >= 15 is 0 Å². The number of halogens is 3. The smallest absolute Gasteiger partial charge is 0.386 e. The first kappa shape index (κ1) is 16.9. The monoisotopic (exact) mass is 299 g/mol. The molecule has 114 valence electrons. The van der Waals surface area contributed by atoms with Crippen molar-refractivity contribution in [2.45, 2.75) is 57.3 Å². The maximum atomic E-state index is 12.5. The molecule has 0 amide bonds. The molecule has 0 spiro atoms. The van der Waals surface area contributed by atoms with E-state index in [0.717, 1.165) is 32.2 Å². The van der Waals surface area contributed by atoms with E-state index in [-0.39, 0.29) is 12.1 Å². The third kappa shape index (κ3) is 4.44. The number of nitrogens with zero attached hydrogens (tertiary/aromatic N) is 1. The summed E-state index contributed by atoms with van der Waals surface area (Å²) in [4.78, 5) is 0. The fraction of sp³-hybridized carbons (Fsp3) is 1.00. The van der Waals surface area contributed by atoms with Gasteiger partial charge in [-0.2, -0.15) is 13.2 Å². The lowest BCUT2D eigenvalue weighted by atomic mass is 10.0. The highest BCUT2D eigenvalue weighted by Crippen LogP contribution is 2.33. The summed E-state index contributed by atoms with van der Waals surface area (Å²) in [6.07, 6.45) is -0.922. The van der Waals surface area contributed by atoms with Crippen molar-refractivity contribution >= 4 is 8.72 Å². The second-order valence-electron chi connectivity index (χ2n) is 4.99. The van der Waals surface area contributed by atoms with Crippen molar-refractivity contribution in [1.82, 2.24) is 4.57 Å². The largest absolute Gasteiger partial charge is 0.427 e. The summed E-state index contributed by atoms with van der Waals surface area (Å²) < 4.78 is 50.6. The zero-order chi connectivity index (χ0) is 14.5. The Balaban J connectivity index is 2.83. The van der Waals surface area contributed by atoms with E-state index in [0.29, 0.717) is 0 Å². The fourth-order valence-electron chi connectivity index (χ4n) is 2.84. The van der Waals surface area contributed by atoms with Crippen LogP contribution in [0.1, 0.15) is 39.0 Å². The Labute approximate surface area is 114 Å². The molecule has 1 unspecified atom stereocenters. The molecule has 7 heteroatoms. The van der Waals surface area contributed by atoms with E-state index < -0.39 is 21.3 Å². The Morgan fingerprint density at radius 3 is 2.32 bits per heavy atom. The average Bonchev–Trinajstić information content (AvgIpc) is 2.40. The van der Waals surface area contributed by atoms with E-state index in [1.54, 1.807) is 0 Å². The summed E-state index contributed by atoms with van der Waals surface area (Å²) in [5.74, 6) is 0. The van der Waals surface area contributed by atoms with Crippen molar-refractivity contribution in [1.29, 1.82) is 0 Å². The van der Waals surface area contributed by atoms with Crippen LogP contribution < -0.4 is 0 Å². The maximum absolute atomic E-state index is 12.5. The maximum Gasteiger partial charge on any atom is 0.427 e. The van der Waals surface area contributed by atoms with Crippen LogP contribution in [-0.4, -0.2) is 46.3 Å². The standard InChI is InChI=1S/C12H24F3NO2Si/c1-4-11-7-5-6-9-16(11)19(17-2,18-3)10-8-12(13,14)15/h11H,4-10H2,1-3H3. The van der Waals surface area contributed by atoms with E-state index in [4.69, 9.17) is 8.85 Å². The first-order valence-electron chi connectivity index (χ1n) is 6.82. The molecule has 1 atom stereocenters. The predicted octanol–water partition coefficient (Wildman–Crippen LogP) is 3.44. The van der Waals surface area contributed by atoms with Gasteiger partial charge < -0.3 is 8.85 Å². The van der Waals surface area contributed by atoms with Crippen LogP contribution >= 0.6 is 0 Å². The molecule has 1 aliphatic heterocycles. The summed E-state index contributed by atoms with van der Waals surface area (Å²) in [6.45, 7) is 2.85. The number of alkyl halides is 3. The minimum Gasteiger partial charge on any atom is -0.386 e. The van der Waals surface area contributed by atoms with Crippen LogP contribution in [-0.2, 0) is 8.85 Å². The van der Waals surface area contributed by atoms with Crippen molar-refractivity contribution in [2.75, 3.05) is 20.8 Å². The fourth-order valence-corrected chi connectivity index (χ4v) is 6.14. The minimum absolute atomic E-state index is 0.0556. The highest BCUT2D eigenvalue weighted by molar-refractivity contribution is 6.64. The van der Waals surface area contributed by atoms with E-state index in [2.05, 4.69) is 11.5 Å². The van der Waals surface area contributed by atoms with Gasteiger partial charge in [0.15, 0.2) is 0 Å². The van der Waals surface area contributed by atoms with E-state index in [9.17, 15) is 13.2 Å². The van der Waals surface area contributed by atoms with Crippen molar-refractivity contribution in [2.24, 2.45) is 0 Å². The second-order valence-corrected chi connectivity index (χ2v) is 8.30. The van der Waals surface area contributed by atoms with Gasteiger partial charge in [-0.3, -0.25) is 4.57 Å². The molecule has 0 radical (unpaired) electrons. The number of rotatable bonds is 6. The van der Waals surface area contributed by atoms with Crippen molar-refractivity contribution in [3.8, 4) is 0 Å². The number of hydrogen-bond donors (Lipinski definition) is 0. The Morgan fingerprint density at radius 1 is 1.21 bits per heavy atom. The van der Waals surface area contributed by atoms with E-state index in [1.165, 1.54) is 14.2 Å². The zero-order valence-corrected chi connectivity index (χ0v) is 12.9. The molecule has 0 bridgehead atoms. The van der Waals surface area contributed by atoms with Crippen LogP contribution in [0.2, 0.25) is 6.04 Å². The molecule has 19 heavy (non-hydrogen) atoms. The molecule has 3 nitrogen and oxygen atoms in total. The quantitative estimate of drug-likeness (QED) is 0.701. The molecule has 0 aromatic rings. The summed E-state index contributed by atoms with van der Waals surface area (Å²) >= 11 is 0. The van der Waals surface area contributed by atoms with E-state index in [1.807, 2.05) is 0 Å². The predicted molar refractivity (Wildman–Crippen MR) is 69.9 cm³/mol. The normalized spacial score (nSPS) is 22.7. The molecule has 0 aliphatic carbocycles. The second kappa shape index (κ2) is 7.06. The van der Waals surface area contributed by atoms with Crippen LogP contribution in [0.25, 0.3) is 0 Å². The van der Waals surface area contributed by atoms with Gasteiger partial charge in [-0.1, -0.05) is 13.3 Å². The minimum atomic E-state index is -4.16. The third-order valence-corrected chi connectivity index (χ3v) is 7.52. The molecule has 1 saturated heterocycles. The molecule has 1 fully saturated rings. The molecule has 1 heterocycles. The SMILES string of the molecule is CCC1CCCCN1[Si](CCC(F)(F)F)(OC)OC. The van der Waals surface area contributed by atoms with Crippen LogP contribution in [0.15, 0.2) is 0 Å². The Hall–Kier alpha value is -0.113. The van der Waals surface area contributed by atoms with Gasteiger partial charge in [0.1, 0.15) is 0 Å². The lowest BCUT2D eigenvalue weighted by Gasteiger charge is -2.45. The van der Waals surface area contributed by atoms with Gasteiger partial charge in [-0.15, -0.1) is 0 Å². The number of hydrogen-bond acceptors (Lipinski definition) is 3. The van der Waals surface area contributed by atoms with Crippen molar-refractivity contribution < 1.29 is 22.0 Å². The molecule has 0 aromatic carbocycles. The van der Waals surface area contributed by atoms with Gasteiger partial charge in [0, 0.05) is 32.7 Å².